The molecule has 110 valence electrons. The lowest BCUT2D eigenvalue weighted by atomic mass is 10.0. The Morgan fingerprint density at radius 2 is 1.81 bits per heavy atom. The van der Waals surface area contributed by atoms with Crippen molar-refractivity contribution in [3.8, 4) is 0 Å². The fourth-order valence-electron chi connectivity index (χ4n) is 2.90. The van der Waals surface area contributed by atoms with E-state index in [4.69, 9.17) is 0 Å². The maximum atomic E-state index is 13.0. The topological polar surface area (TPSA) is 3.24 Å². The van der Waals surface area contributed by atoms with E-state index in [-0.39, 0.29) is 0 Å². The Balaban J connectivity index is 1.95. The molecule has 0 atom stereocenters. The molecule has 0 aliphatic carbocycles. The van der Waals surface area contributed by atoms with Gasteiger partial charge in [0.2, 0.25) is 0 Å². The van der Waals surface area contributed by atoms with Gasteiger partial charge in [-0.3, -0.25) is 0 Å². The molecule has 2 aromatic carbocycles. The second-order valence-electron chi connectivity index (χ2n) is 5.45. The number of hydrogen-bond acceptors (Lipinski definition) is 1. The summed E-state index contributed by atoms with van der Waals surface area (Å²) in [6.07, 6.45) is -3.48. The molecule has 1 nitrogen and oxygen atoms in total. The smallest absolute Gasteiger partial charge is 0.367 e. The molecule has 1 aliphatic heterocycles. The summed E-state index contributed by atoms with van der Waals surface area (Å²) in [5.41, 5.74) is 3.06. The van der Waals surface area contributed by atoms with E-state index >= 15 is 0 Å². The number of fused-ring (bicyclic) bond motifs is 1. The van der Waals surface area contributed by atoms with Gasteiger partial charge < -0.3 is 4.90 Å². The highest BCUT2D eigenvalue weighted by molar-refractivity contribution is 5.63. The van der Waals surface area contributed by atoms with Crippen molar-refractivity contribution in [2.24, 2.45) is 0 Å². The van der Waals surface area contributed by atoms with Gasteiger partial charge in [0.15, 0.2) is 0 Å². The van der Waals surface area contributed by atoms with E-state index < -0.39 is 11.7 Å². The zero-order chi connectivity index (χ0) is 15.0. The van der Waals surface area contributed by atoms with E-state index in [0.29, 0.717) is 6.54 Å². The van der Waals surface area contributed by atoms with Crippen molar-refractivity contribution in [3.63, 3.8) is 0 Å². The summed E-state index contributed by atoms with van der Waals surface area (Å²) in [5, 5.41) is 0. The van der Waals surface area contributed by atoms with E-state index in [2.05, 4.69) is 0 Å². The fraction of sp³-hybridized carbons (Fsp3) is 0.294. The molecule has 0 fully saturated rings. The fourth-order valence-corrected chi connectivity index (χ4v) is 2.90. The molecule has 0 aromatic heterocycles. The van der Waals surface area contributed by atoms with Gasteiger partial charge in [-0.15, -0.1) is 0 Å². The first kappa shape index (κ1) is 14.0. The lowest BCUT2D eigenvalue weighted by molar-refractivity contribution is -0.137. The number of rotatable bonds is 2. The minimum atomic E-state index is -4.29. The average molecular weight is 291 g/mol. The third-order valence-corrected chi connectivity index (χ3v) is 3.97. The van der Waals surface area contributed by atoms with E-state index in [0.717, 1.165) is 35.3 Å². The Labute approximate surface area is 122 Å². The van der Waals surface area contributed by atoms with Crippen LogP contribution in [-0.2, 0) is 19.1 Å². The second kappa shape index (κ2) is 5.10. The summed E-state index contributed by atoms with van der Waals surface area (Å²) in [4.78, 5) is 2.03. The van der Waals surface area contributed by atoms with Crippen LogP contribution in [0.25, 0.3) is 0 Å². The molecule has 0 spiro atoms. The monoisotopic (exact) mass is 291 g/mol. The quantitative estimate of drug-likeness (QED) is 0.783. The lowest BCUT2D eigenvalue weighted by Gasteiger charge is -2.21. The van der Waals surface area contributed by atoms with Gasteiger partial charge in [0.05, 0.1) is 5.56 Å². The molecule has 0 amide bonds. The van der Waals surface area contributed by atoms with E-state index in [9.17, 15) is 13.2 Å². The van der Waals surface area contributed by atoms with Crippen molar-refractivity contribution in [2.75, 3.05) is 11.4 Å². The Bertz CT molecular complexity index is 647. The minimum Gasteiger partial charge on any atom is -0.367 e. The van der Waals surface area contributed by atoms with E-state index in [1.54, 1.807) is 6.92 Å². The molecule has 0 N–H and O–H groups in total. The third-order valence-electron chi connectivity index (χ3n) is 3.97. The van der Waals surface area contributed by atoms with Crippen LogP contribution in [0.2, 0.25) is 0 Å². The summed E-state index contributed by atoms with van der Waals surface area (Å²) in [5.74, 6) is 0. The Kier molecular flexibility index (Phi) is 3.40. The molecule has 0 bridgehead atoms. The lowest BCUT2D eigenvalue weighted by Crippen LogP contribution is -2.20. The van der Waals surface area contributed by atoms with Gasteiger partial charge in [-0.05, 0) is 42.2 Å². The van der Waals surface area contributed by atoms with Crippen LogP contribution in [0.4, 0.5) is 18.9 Å². The first-order valence-electron chi connectivity index (χ1n) is 6.95. The average Bonchev–Trinajstić information content (AvgIpc) is 2.83. The molecule has 0 saturated carbocycles. The summed E-state index contributed by atoms with van der Waals surface area (Å²) < 4.78 is 38.9. The van der Waals surface area contributed by atoms with Crippen molar-refractivity contribution >= 4 is 5.69 Å². The second-order valence-corrected chi connectivity index (χ2v) is 5.45. The number of aryl methyl sites for hydroxylation is 1. The van der Waals surface area contributed by atoms with Gasteiger partial charge in [0, 0.05) is 18.8 Å². The van der Waals surface area contributed by atoms with E-state index in [1.807, 2.05) is 35.2 Å². The van der Waals surface area contributed by atoms with Crippen molar-refractivity contribution in [3.05, 3.63) is 64.7 Å². The van der Waals surface area contributed by atoms with Gasteiger partial charge >= 0.3 is 6.18 Å². The van der Waals surface area contributed by atoms with Gasteiger partial charge in [0.25, 0.3) is 0 Å². The standard InChI is InChI=1S/C17H16F3N/c1-12-9-14(17(18,19)20)10-16-15(12)7-8-21(16)11-13-5-3-2-4-6-13/h2-6,9-10H,7-8,11H2,1H3. The highest BCUT2D eigenvalue weighted by Crippen LogP contribution is 2.38. The number of nitrogens with zero attached hydrogens (tertiary/aromatic N) is 1. The number of halogens is 3. The summed E-state index contributed by atoms with van der Waals surface area (Å²) in [6.45, 7) is 3.18. The van der Waals surface area contributed by atoms with Gasteiger partial charge in [-0.1, -0.05) is 30.3 Å². The first-order valence-corrected chi connectivity index (χ1v) is 6.95. The summed E-state index contributed by atoms with van der Waals surface area (Å²) in [7, 11) is 0. The van der Waals surface area contributed by atoms with Crippen LogP contribution in [-0.4, -0.2) is 6.54 Å². The molecule has 2 aromatic rings. The largest absolute Gasteiger partial charge is 0.416 e. The first-order chi connectivity index (χ1) is 9.95. The molecule has 4 heteroatoms. The number of anilines is 1. The number of benzene rings is 2. The van der Waals surface area contributed by atoms with Crippen LogP contribution >= 0.6 is 0 Å². The predicted molar refractivity (Wildman–Crippen MR) is 77.4 cm³/mol. The Hall–Kier alpha value is -1.97. The van der Waals surface area contributed by atoms with Crippen LogP contribution in [0.3, 0.4) is 0 Å². The van der Waals surface area contributed by atoms with Gasteiger partial charge in [-0.2, -0.15) is 13.2 Å². The molecule has 0 radical (unpaired) electrons. The van der Waals surface area contributed by atoms with Gasteiger partial charge in [-0.25, -0.2) is 0 Å². The Morgan fingerprint density at radius 3 is 2.48 bits per heavy atom. The molecule has 0 saturated heterocycles. The SMILES string of the molecule is Cc1cc(C(F)(F)F)cc2c1CCN2Cc1ccccc1. The van der Waals surface area contributed by atoms with Crippen LogP contribution in [0.5, 0.6) is 0 Å². The van der Waals surface area contributed by atoms with Crippen LogP contribution in [0.1, 0.15) is 22.3 Å². The molecule has 3 rings (SSSR count). The highest BCUT2D eigenvalue weighted by atomic mass is 19.4. The third kappa shape index (κ3) is 2.75. The Morgan fingerprint density at radius 1 is 1.10 bits per heavy atom. The molecular formula is C17H16F3N. The maximum absolute atomic E-state index is 13.0. The predicted octanol–water partition coefficient (Wildman–Crippen LogP) is 4.58. The number of alkyl halides is 3. The molecule has 0 unspecified atom stereocenters. The maximum Gasteiger partial charge on any atom is 0.416 e. The zero-order valence-electron chi connectivity index (χ0n) is 11.7. The van der Waals surface area contributed by atoms with Crippen molar-refractivity contribution in [2.45, 2.75) is 26.1 Å². The van der Waals surface area contributed by atoms with Gasteiger partial charge in [0.1, 0.15) is 0 Å². The molecule has 21 heavy (non-hydrogen) atoms. The van der Waals surface area contributed by atoms with Crippen molar-refractivity contribution < 1.29 is 13.2 Å². The van der Waals surface area contributed by atoms with Crippen LogP contribution < -0.4 is 4.90 Å². The molecule has 1 aliphatic rings. The van der Waals surface area contributed by atoms with Crippen LogP contribution in [0.15, 0.2) is 42.5 Å². The number of hydrogen-bond donors (Lipinski definition) is 0. The van der Waals surface area contributed by atoms with Crippen molar-refractivity contribution in [1.29, 1.82) is 0 Å². The minimum absolute atomic E-state index is 0.557. The molecule has 1 heterocycles. The molecular weight excluding hydrogens is 275 g/mol. The highest BCUT2D eigenvalue weighted by Gasteiger charge is 2.33. The van der Waals surface area contributed by atoms with Crippen LogP contribution in [0, 0.1) is 6.92 Å². The summed E-state index contributed by atoms with van der Waals surface area (Å²) >= 11 is 0. The zero-order valence-corrected chi connectivity index (χ0v) is 11.7. The van der Waals surface area contributed by atoms with E-state index in [1.165, 1.54) is 12.1 Å². The normalized spacial score (nSPS) is 14.4. The van der Waals surface area contributed by atoms with Crippen molar-refractivity contribution in [1.82, 2.24) is 0 Å². The summed E-state index contributed by atoms with van der Waals surface area (Å²) in [6, 6.07) is 12.4.